The Morgan fingerprint density at radius 3 is 1.27 bits per heavy atom. The van der Waals surface area contributed by atoms with E-state index in [1.165, 1.54) is 12.8 Å². The first-order valence-electron chi connectivity index (χ1n) is 3.32. The summed E-state index contributed by atoms with van der Waals surface area (Å²) in [5.74, 6) is 0. The van der Waals surface area contributed by atoms with Crippen molar-refractivity contribution in [3.63, 3.8) is 0 Å². The Morgan fingerprint density at radius 2 is 1.09 bits per heavy atom. The van der Waals surface area contributed by atoms with E-state index in [2.05, 4.69) is 0 Å². The molecule has 1 aliphatic carbocycles. The molecule has 0 amide bonds. The summed E-state index contributed by atoms with van der Waals surface area (Å²) in [6, 6.07) is 0.562. The molecule has 0 spiro atoms. The maximum atomic E-state index is 5.65. The van der Waals surface area contributed by atoms with Crippen LogP contribution in [0.1, 0.15) is 25.7 Å². The maximum absolute atomic E-state index is 5.65. The van der Waals surface area contributed by atoms with Gasteiger partial charge in [-0.05, 0) is 12.8 Å². The molecule has 0 aromatic heterocycles. The smallest absolute Gasteiger partial charge is 1.00 e. The van der Waals surface area contributed by atoms with Gasteiger partial charge in [-0.1, -0.05) is 12.8 Å². The third-order valence-corrected chi connectivity index (χ3v) is 1.87. The molecule has 2 nitrogen and oxygen atoms in total. The molecular formula is C6H14Cl2CoN2. The molecule has 4 N–H and O–H groups in total. The minimum Gasteiger partial charge on any atom is -1.00 e. The normalized spacial score (nSPS) is 28.9. The van der Waals surface area contributed by atoms with E-state index in [9.17, 15) is 0 Å². The van der Waals surface area contributed by atoms with E-state index in [1.807, 2.05) is 0 Å². The summed E-state index contributed by atoms with van der Waals surface area (Å²) in [7, 11) is 0. The second-order valence-corrected chi connectivity index (χ2v) is 2.61. The van der Waals surface area contributed by atoms with Crippen molar-refractivity contribution in [2.75, 3.05) is 0 Å². The summed E-state index contributed by atoms with van der Waals surface area (Å²) < 4.78 is 0. The Bertz CT molecular complexity index is 75.0. The molecule has 2 atom stereocenters. The van der Waals surface area contributed by atoms with Gasteiger partial charge in [0.05, 0.1) is 0 Å². The van der Waals surface area contributed by atoms with Gasteiger partial charge in [0.25, 0.3) is 0 Å². The molecule has 0 heterocycles. The monoisotopic (exact) mass is 243 g/mol. The van der Waals surface area contributed by atoms with E-state index in [1.54, 1.807) is 0 Å². The van der Waals surface area contributed by atoms with E-state index >= 15 is 0 Å². The van der Waals surface area contributed by atoms with Crippen molar-refractivity contribution in [3.05, 3.63) is 0 Å². The van der Waals surface area contributed by atoms with Crippen molar-refractivity contribution in [1.29, 1.82) is 0 Å². The fraction of sp³-hybridized carbons (Fsp3) is 1.00. The zero-order chi connectivity index (χ0) is 5.98. The van der Waals surface area contributed by atoms with E-state index in [-0.39, 0.29) is 53.7 Å². The largest absolute Gasteiger partial charge is 2.00 e. The SMILES string of the molecule is NC1CCCCC1N.[Cl-].[Cl-].[Co+2]. The van der Waals surface area contributed by atoms with Gasteiger partial charge in [0.1, 0.15) is 0 Å². The standard InChI is InChI=1S/C6H14N2.2ClH.Co/c7-5-3-1-2-4-6(5)8;;;/h5-6H,1-4,7-8H2;2*1H;/q;;;+2/p-2. The van der Waals surface area contributed by atoms with Crippen LogP contribution in [0.5, 0.6) is 0 Å². The fourth-order valence-corrected chi connectivity index (χ4v) is 1.19. The molecule has 1 rings (SSSR count). The number of rotatable bonds is 0. The molecule has 0 aromatic rings. The molecule has 1 radical (unpaired) electrons. The summed E-state index contributed by atoms with van der Waals surface area (Å²) in [4.78, 5) is 0. The van der Waals surface area contributed by atoms with Crippen molar-refractivity contribution in [3.8, 4) is 0 Å². The third kappa shape index (κ3) is 6.19. The van der Waals surface area contributed by atoms with E-state index in [0.29, 0.717) is 0 Å². The molecule has 1 aliphatic rings. The van der Waals surface area contributed by atoms with Gasteiger partial charge in [0.15, 0.2) is 0 Å². The second kappa shape index (κ2) is 9.10. The fourth-order valence-electron chi connectivity index (χ4n) is 1.19. The van der Waals surface area contributed by atoms with Gasteiger partial charge < -0.3 is 36.3 Å². The van der Waals surface area contributed by atoms with Gasteiger partial charge in [0.2, 0.25) is 0 Å². The number of nitrogens with two attached hydrogens (primary N) is 2. The van der Waals surface area contributed by atoms with Crippen LogP contribution in [0, 0.1) is 0 Å². The number of hydrogen-bond acceptors (Lipinski definition) is 2. The van der Waals surface area contributed by atoms with Gasteiger partial charge in [-0.2, -0.15) is 0 Å². The van der Waals surface area contributed by atoms with Crippen LogP contribution in [0.2, 0.25) is 0 Å². The van der Waals surface area contributed by atoms with Crippen molar-refractivity contribution in [2.45, 2.75) is 37.8 Å². The van der Waals surface area contributed by atoms with Gasteiger partial charge in [-0.3, -0.25) is 0 Å². The molecule has 1 fully saturated rings. The summed E-state index contributed by atoms with van der Waals surface area (Å²) in [5.41, 5.74) is 11.3. The summed E-state index contributed by atoms with van der Waals surface area (Å²) >= 11 is 0. The van der Waals surface area contributed by atoms with Crippen LogP contribution in [-0.4, -0.2) is 12.1 Å². The quantitative estimate of drug-likeness (QED) is 0.446. The van der Waals surface area contributed by atoms with Gasteiger partial charge in [-0.15, -0.1) is 0 Å². The first kappa shape index (κ1) is 17.9. The Labute approximate surface area is 90.9 Å². The molecule has 0 bridgehead atoms. The van der Waals surface area contributed by atoms with Crippen LogP contribution >= 0.6 is 0 Å². The van der Waals surface area contributed by atoms with Crippen molar-refractivity contribution < 1.29 is 41.6 Å². The Kier molecular flexibility index (Phi) is 14.8. The third-order valence-electron chi connectivity index (χ3n) is 1.87. The van der Waals surface area contributed by atoms with E-state index in [0.717, 1.165) is 12.8 Å². The van der Waals surface area contributed by atoms with Crippen LogP contribution in [-0.2, 0) is 16.8 Å². The Balaban J connectivity index is -0.000000213. The van der Waals surface area contributed by atoms with E-state index in [4.69, 9.17) is 11.5 Å². The van der Waals surface area contributed by atoms with Crippen LogP contribution in [0.4, 0.5) is 0 Å². The number of hydrogen-bond donors (Lipinski definition) is 2. The summed E-state index contributed by atoms with van der Waals surface area (Å²) in [6.45, 7) is 0. The van der Waals surface area contributed by atoms with Crippen molar-refractivity contribution in [2.24, 2.45) is 11.5 Å². The molecular weight excluding hydrogens is 230 g/mol. The first-order valence-corrected chi connectivity index (χ1v) is 3.32. The second-order valence-electron chi connectivity index (χ2n) is 2.61. The molecule has 0 saturated heterocycles. The Hall–Kier alpha value is 1.01. The van der Waals surface area contributed by atoms with Crippen LogP contribution in [0.25, 0.3) is 0 Å². The minimum atomic E-state index is 0. The predicted molar refractivity (Wildman–Crippen MR) is 34.4 cm³/mol. The number of halogens is 2. The average Bonchev–Trinajstić information content (AvgIpc) is 1.77. The van der Waals surface area contributed by atoms with Crippen LogP contribution in [0.15, 0.2) is 0 Å². The minimum absolute atomic E-state index is 0. The van der Waals surface area contributed by atoms with E-state index < -0.39 is 0 Å². The zero-order valence-electron chi connectivity index (χ0n) is 6.23. The summed E-state index contributed by atoms with van der Waals surface area (Å²) in [6.07, 6.45) is 4.80. The van der Waals surface area contributed by atoms with Gasteiger partial charge >= 0.3 is 16.8 Å². The van der Waals surface area contributed by atoms with Crippen molar-refractivity contribution in [1.82, 2.24) is 0 Å². The molecule has 11 heavy (non-hydrogen) atoms. The van der Waals surface area contributed by atoms with Crippen LogP contribution in [0.3, 0.4) is 0 Å². The van der Waals surface area contributed by atoms with Crippen molar-refractivity contribution >= 4 is 0 Å². The predicted octanol–water partition coefficient (Wildman–Crippen LogP) is -5.78. The molecule has 1 saturated carbocycles. The Morgan fingerprint density at radius 1 is 0.818 bits per heavy atom. The molecule has 0 aromatic carbocycles. The zero-order valence-corrected chi connectivity index (χ0v) is 8.78. The first-order chi connectivity index (χ1) is 3.80. The summed E-state index contributed by atoms with van der Waals surface area (Å²) in [5, 5.41) is 0. The average molecular weight is 244 g/mol. The topological polar surface area (TPSA) is 52.0 Å². The van der Waals surface area contributed by atoms with Crippen LogP contribution < -0.4 is 36.3 Å². The van der Waals surface area contributed by atoms with Gasteiger partial charge in [-0.25, -0.2) is 0 Å². The van der Waals surface area contributed by atoms with Gasteiger partial charge in [0, 0.05) is 12.1 Å². The maximum Gasteiger partial charge on any atom is 2.00 e. The molecule has 71 valence electrons. The molecule has 2 unspecified atom stereocenters. The molecule has 0 aliphatic heterocycles. The molecule has 5 heteroatoms.